The second-order valence-corrected chi connectivity index (χ2v) is 15.9. The van der Waals surface area contributed by atoms with E-state index in [0.717, 1.165) is 37.8 Å². The van der Waals surface area contributed by atoms with Gasteiger partial charge in [-0.05, 0) is 99.6 Å². The van der Waals surface area contributed by atoms with Gasteiger partial charge in [-0.1, -0.05) is 30.3 Å². The van der Waals surface area contributed by atoms with Crippen LogP contribution in [0.3, 0.4) is 0 Å². The predicted octanol–water partition coefficient (Wildman–Crippen LogP) is 3.95. The Balaban J connectivity index is 1.06. The number of nitrogens with zero attached hydrogens (tertiary/aromatic N) is 4. The van der Waals surface area contributed by atoms with Gasteiger partial charge >= 0.3 is 6.09 Å². The number of piperidine rings is 3. The lowest BCUT2D eigenvalue weighted by Crippen LogP contribution is -2.61. The third kappa shape index (κ3) is 8.88. The van der Waals surface area contributed by atoms with Crippen molar-refractivity contribution in [2.45, 2.75) is 88.4 Å². The molecule has 12 nitrogen and oxygen atoms in total. The molecule has 5 amide bonds. The van der Waals surface area contributed by atoms with Gasteiger partial charge in [0.25, 0.3) is 5.91 Å². The third-order valence-electron chi connectivity index (χ3n) is 12.5. The van der Waals surface area contributed by atoms with E-state index in [1.165, 1.54) is 24.3 Å². The summed E-state index contributed by atoms with van der Waals surface area (Å²) in [5.74, 6) is -0.687. The van der Waals surface area contributed by atoms with E-state index < -0.39 is 11.4 Å². The van der Waals surface area contributed by atoms with E-state index in [1.807, 2.05) is 35.2 Å². The number of nitrogens with one attached hydrogen (secondary N) is 2. The Labute approximate surface area is 316 Å². The van der Waals surface area contributed by atoms with Crippen molar-refractivity contribution in [3.63, 3.8) is 0 Å². The average molecular weight is 745 g/mol. The molecule has 0 saturated carbocycles. The molecular formula is C41H53FN6O6. The van der Waals surface area contributed by atoms with Crippen LogP contribution in [0.2, 0.25) is 0 Å². The van der Waals surface area contributed by atoms with Crippen LogP contribution < -0.4 is 10.6 Å². The van der Waals surface area contributed by atoms with Gasteiger partial charge in [-0.15, -0.1) is 0 Å². The number of carbonyl (C=O) groups is 5. The summed E-state index contributed by atoms with van der Waals surface area (Å²) in [6.07, 6.45) is 5.45. The zero-order valence-corrected chi connectivity index (χ0v) is 31.1. The molecule has 6 fully saturated rings. The lowest BCUT2D eigenvalue weighted by atomic mass is 9.80. The molecule has 1 spiro atoms. The molecule has 0 unspecified atom stereocenters. The maximum atomic E-state index is 14.1. The van der Waals surface area contributed by atoms with Crippen molar-refractivity contribution in [1.82, 2.24) is 30.2 Å². The highest BCUT2D eigenvalue weighted by atomic mass is 19.1. The van der Waals surface area contributed by atoms with Crippen molar-refractivity contribution in [3.8, 4) is 0 Å². The smallest absolute Gasteiger partial charge is 0.410 e. The SMILES string of the molecule is O=C1CC2(CCN(C(=O)c3ccc(F)cc3)CC2)NC(=O)[C@@H]2CCCN2C2CCN(CC2)C(=O)C[C@@H]2CCN(C(=O)OCc3ccccc3)C[C@@H]2CCN1. The van der Waals surface area contributed by atoms with Crippen LogP contribution >= 0.6 is 0 Å². The van der Waals surface area contributed by atoms with Crippen molar-refractivity contribution in [2.24, 2.45) is 11.8 Å². The quantitative estimate of drug-likeness (QED) is 0.487. The number of hydrogen-bond donors (Lipinski definition) is 2. The minimum Gasteiger partial charge on any atom is -0.445 e. The maximum Gasteiger partial charge on any atom is 0.410 e. The number of fused-ring (bicyclic) bond motifs is 8. The average Bonchev–Trinajstić information content (AvgIpc) is 3.69. The van der Waals surface area contributed by atoms with Crippen molar-refractivity contribution in [1.29, 1.82) is 0 Å². The fourth-order valence-electron chi connectivity index (χ4n) is 9.33. The molecule has 290 valence electrons. The molecule has 6 heterocycles. The molecule has 6 saturated heterocycles. The third-order valence-corrected chi connectivity index (χ3v) is 12.5. The second kappa shape index (κ2) is 16.9. The van der Waals surface area contributed by atoms with E-state index in [1.54, 1.807) is 9.80 Å². The zero-order chi connectivity index (χ0) is 37.7. The molecule has 8 rings (SSSR count). The topological polar surface area (TPSA) is 132 Å². The van der Waals surface area contributed by atoms with Crippen LogP contribution in [-0.2, 0) is 25.7 Å². The molecule has 2 bridgehead atoms. The van der Waals surface area contributed by atoms with Gasteiger partial charge in [0.1, 0.15) is 12.4 Å². The van der Waals surface area contributed by atoms with Gasteiger partial charge < -0.3 is 30.1 Å². The zero-order valence-electron chi connectivity index (χ0n) is 31.1. The monoisotopic (exact) mass is 744 g/mol. The van der Waals surface area contributed by atoms with E-state index in [-0.39, 0.29) is 66.7 Å². The first-order valence-electron chi connectivity index (χ1n) is 19.8. The molecule has 13 heteroatoms. The first-order chi connectivity index (χ1) is 26.2. The van der Waals surface area contributed by atoms with Crippen LogP contribution in [0.25, 0.3) is 0 Å². The molecule has 0 radical (unpaired) electrons. The molecule has 6 aliphatic heterocycles. The maximum absolute atomic E-state index is 14.1. The second-order valence-electron chi connectivity index (χ2n) is 15.9. The van der Waals surface area contributed by atoms with Crippen molar-refractivity contribution < 1.29 is 33.1 Å². The molecule has 2 aromatic carbocycles. The summed E-state index contributed by atoms with van der Waals surface area (Å²) in [7, 11) is 0. The van der Waals surface area contributed by atoms with Crippen molar-refractivity contribution in [3.05, 3.63) is 71.5 Å². The van der Waals surface area contributed by atoms with Crippen LogP contribution in [0, 0.1) is 17.7 Å². The van der Waals surface area contributed by atoms with Crippen LogP contribution in [0.15, 0.2) is 54.6 Å². The number of rotatable bonds is 3. The Morgan fingerprint density at radius 3 is 2.30 bits per heavy atom. The predicted molar refractivity (Wildman–Crippen MR) is 198 cm³/mol. The van der Waals surface area contributed by atoms with Crippen LogP contribution in [0.5, 0.6) is 0 Å². The summed E-state index contributed by atoms with van der Waals surface area (Å²) in [6, 6.07) is 14.9. The largest absolute Gasteiger partial charge is 0.445 e. The van der Waals surface area contributed by atoms with E-state index in [0.29, 0.717) is 83.5 Å². The lowest BCUT2D eigenvalue weighted by Gasteiger charge is -2.44. The van der Waals surface area contributed by atoms with Gasteiger partial charge in [0.15, 0.2) is 0 Å². The van der Waals surface area contributed by atoms with Crippen molar-refractivity contribution >= 4 is 29.7 Å². The fourth-order valence-corrected chi connectivity index (χ4v) is 9.33. The Morgan fingerprint density at radius 1 is 0.815 bits per heavy atom. The Hall–Kier alpha value is -4.52. The number of likely N-dealkylation sites (tertiary alicyclic amines) is 2. The molecule has 2 aromatic rings. The minimum atomic E-state index is -0.830. The van der Waals surface area contributed by atoms with Crippen molar-refractivity contribution in [2.75, 3.05) is 52.4 Å². The Bertz CT molecular complexity index is 1660. The van der Waals surface area contributed by atoms with E-state index in [4.69, 9.17) is 4.74 Å². The van der Waals surface area contributed by atoms with E-state index >= 15 is 0 Å². The molecule has 54 heavy (non-hydrogen) atoms. The summed E-state index contributed by atoms with van der Waals surface area (Å²) < 4.78 is 19.2. The molecular weight excluding hydrogens is 691 g/mol. The van der Waals surface area contributed by atoms with Crippen LogP contribution in [0.1, 0.15) is 80.1 Å². The number of halogens is 1. The van der Waals surface area contributed by atoms with Crippen LogP contribution in [0.4, 0.5) is 9.18 Å². The number of ether oxygens (including phenoxy) is 1. The highest BCUT2D eigenvalue weighted by Crippen LogP contribution is 2.33. The normalized spacial score (nSPS) is 26.0. The number of hydrogen-bond acceptors (Lipinski definition) is 7. The van der Waals surface area contributed by atoms with Gasteiger partial charge in [-0.25, -0.2) is 9.18 Å². The fraction of sp³-hybridized carbons (Fsp3) is 0.585. The van der Waals surface area contributed by atoms with Crippen LogP contribution in [-0.4, -0.2) is 119 Å². The van der Waals surface area contributed by atoms with Gasteiger partial charge in [0, 0.05) is 70.3 Å². The van der Waals surface area contributed by atoms with Gasteiger partial charge in [0.05, 0.1) is 11.6 Å². The summed E-state index contributed by atoms with van der Waals surface area (Å²) in [5.41, 5.74) is 0.480. The lowest BCUT2D eigenvalue weighted by molar-refractivity contribution is -0.136. The Kier molecular flexibility index (Phi) is 11.8. The van der Waals surface area contributed by atoms with E-state index in [2.05, 4.69) is 15.5 Å². The first-order valence-corrected chi connectivity index (χ1v) is 19.8. The standard InChI is InChI=1S/C41H53FN6O6/c42-33-10-8-30(9-11-33)39(52)46-23-16-41(17-24-46)26-36(49)43-18-12-32-27-47(40(53)54-28-29-5-2-1-3-6-29)20-13-31(32)25-37(50)45-21-14-34(15-22-45)48-19-4-7-35(48)38(51)44-41/h1-3,5-6,8-11,31-32,34-35H,4,7,12-28H2,(H,43,49)(H,44,51)/t31-,32-,35-/m0/s1. The number of amides is 5. The molecule has 2 N–H and O–H groups in total. The molecule has 0 aromatic heterocycles. The van der Waals surface area contributed by atoms with Gasteiger partial charge in [-0.3, -0.25) is 24.1 Å². The molecule has 3 atom stereocenters. The summed E-state index contributed by atoms with van der Waals surface area (Å²) in [4.78, 5) is 75.7. The highest BCUT2D eigenvalue weighted by molar-refractivity contribution is 5.94. The van der Waals surface area contributed by atoms with Gasteiger partial charge in [-0.2, -0.15) is 0 Å². The summed E-state index contributed by atoms with van der Waals surface area (Å²) >= 11 is 0. The number of carbonyl (C=O) groups excluding carboxylic acids is 5. The molecule has 6 aliphatic rings. The van der Waals surface area contributed by atoms with Gasteiger partial charge in [0.2, 0.25) is 17.7 Å². The summed E-state index contributed by atoms with van der Waals surface area (Å²) in [5, 5.41) is 6.45. The molecule has 0 aliphatic carbocycles. The number of benzene rings is 2. The highest BCUT2D eigenvalue weighted by Gasteiger charge is 2.44. The van der Waals surface area contributed by atoms with E-state index in [9.17, 15) is 28.4 Å². The minimum absolute atomic E-state index is 0.0107. The Morgan fingerprint density at radius 2 is 1.56 bits per heavy atom. The first kappa shape index (κ1) is 37.8. The summed E-state index contributed by atoms with van der Waals surface area (Å²) in [6.45, 7) is 4.33.